The number of hydrogen-bond donors (Lipinski definition) is 0. The Labute approximate surface area is 144 Å². The predicted molar refractivity (Wildman–Crippen MR) is 90.2 cm³/mol. The van der Waals surface area contributed by atoms with E-state index in [2.05, 4.69) is 0 Å². The van der Waals surface area contributed by atoms with Crippen molar-refractivity contribution in [1.82, 2.24) is 0 Å². The Kier molecular flexibility index (Phi) is 5.21. The fourth-order valence-electron chi connectivity index (χ4n) is 5.81. The molecule has 4 saturated carbocycles. The van der Waals surface area contributed by atoms with Gasteiger partial charge in [-0.2, -0.15) is 0 Å². The maximum atomic E-state index is 12.3. The first-order valence-corrected chi connectivity index (χ1v) is 9.28. The van der Waals surface area contributed by atoms with E-state index in [0.717, 1.165) is 30.3 Å². The molecule has 0 aromatic carbocycles. The van der Waals surface area contributed by atoms with Crippen molar-refractivity contribution >= 4 is 18.5 Å². The highest BCUT2D eigenvalue weighted by molar-refractivity contribution is 5.78. The number of hydrogen-bond acceptors (Lipinski definition) is 4. The van der Waals surface area contributed by atoms with Crippen LogP contribution in [0.2, 0.25) is 0 Å². The van der Waals surface area contributed by atoms with Crippen LogP contribution in [-0.4, -0.2) is 25.1 Å². The molecule has 132 valence electrons. The minimum atomic E-state index is -0.353. The third-order valence-corrected chi connectivity index (χ3v) is 6.44. The number of ether oxygens (including phenoxy) is 1. The van der Waals surface area contributed by atoms with Crippen molar-refractivity contribution < 1.29 is 19.1 Å². The molecule has 0 radical (unpaired) electrons. The fourth-order valence-corrected chi connectivity index (χ4v) is 5.81. The monoisotopic (exact) mass is 332 g/mol. The van der Waals surface area contributed by atoms with Crippen LogP contribution in [0.4, 0.5) is 0 Å². The summed E-state index contributed by atoms with van der Waals surface area (Å²) >= 11 is 0. The molecule has 4 nitrogen and oxygen atoms in total. The van der Waals surface area contributed by atoms with E-state index in [0.29, 0.717) is 12.2 Å². The summed E-state index contributed by atoms with van der Waals surface area (Å²) in [5.74, 6) is 1.88. The average Bonchev–Trinajstić information content (AvgIpc) is 2.53. The van der Waals surface area contributed by atoms with Gasteiger partial charge in [0.1, 0.15) is 12.6 Å². The molecule has 0 amide bonds. The first-order chi connectivity index (χ1) is 11.6. The maximum Gasteiger partial charge on any atom is 0.306 e. The number of esters is 1. The predicted octanol–water partition coefficient (Wildman–Crippen LogP) is 3.49. The number of rotatable bonds is 8. The molecule has 0 saturated heterocycles. The van der Waals surface area contributed by atoms with E-state index in [1.54, 1.807) is 13.0 Å². The summed E-state index contributed by atoms with van der Waals surface area (Å²) < 4.78 is 5.64. The van der Waals surface area contributed by atoms with E-state index in [1.165, 1.54) is 38.5 Å². The van der Waals surface area contributed by atoms with E-state index >= 15 is 0 Å². The van der Waals surface area contributed by atoms with Gasteiger partial charge in [0.05, 0.1) is 13.0 Å². The normalized spacial score (nSPS) is 35.5. The summed E-state index contributed by atoms with van der Waals surface area (Å²) in [6.45, 7) is 2.28. The van der Waals surface area contributed by atoms with Crippen LogP contribution in [0.3, 0.4) is 0 Å². The largest absolute Gasteiger partial charge is 0.465 e. The van der Waals surface area contributed by atoms with Gasteiger partial charge in [0.15, 0.2) is 0 Å². The Hall–Kier alpha value is -1.45. The van der Waals surface area contributed by atoms with Gasteiger partial charge >= 0.3 is 5.97 Å². The number of carbonyl (C=O) groups excluding carboxylic acids is 3. The van der Waals surface area contributed by atoms with Crippen LogP contribution >= 0.6 is 0 Å². The lowest BCUT2D eigenvalue weighted by Gasteiger charge is -2.56. The molecule has 0 heterocycles. The molecule has 0 N–H and O–H groups in total. The second-order valence-electron chi connectivity index (χ2n) is 8.29. The molecular formula is C20H28O4. The van der Waals surface area contributed by atoms with Crippen molar-refractivity contribution in [3.05, 3.63) is 11.6 Å². The van der Waals surface area contributed by atoms with Gasteiger partial charge in [-0.3, -0.25) is 9.59 Å². The Morgan fingerprint density at radius 3 is 2.17 bits per heavy atom. The summed E-state index contributed by atoms with van der Waals surface area (Å²) in [4.78, 5) is 34.2. The van der Waals surface area contributed by atoms with Gasteiger partial charge in [-0.15, -0.1) is 0 Å². The average molecular weight is 332 g/mol. The van der Waals surface area contributed by atoms with Gasteiger partial charge < -0.3 is 9.53 Å². The molecule has 0 aromatic heterocycles. The van der Waals surface area contributed by atoms with E-state index < -0.39 is 0 Å². The minimum absolute atomic E-state index is 0.115. The molecule has 0 spiro atoms. The van der Waals surface area contributed by atoms with E-state index in [-0.39, 0.29) is 30.1 Å². The molecule has 0 aromatic rings. The molecule has 4 aliphatic rings. The summed E-state index contributed by atoms with van der Waals surface area (Å²) in [7, 11) is 0. The third kappa shape index (κ3) is 3.62. The maximum absolute atomic E-state index is 12.3. The lowest BCUT2D eigenvalue weighted by atomic mass is 9.50. The van der Waals surface area contributed by atoms with Crippen LogP contribution in [0, 0.1) is 29.1 Å². The molecule has 24 heavy (non-hydrogen) atoms. The number of aldehydes is 2. The zero-order valence-corrected chi connectivity index (χ0v) is 14.5. The topological polar surface area (TPSA) is 60.4 Å². The number of carbonyl (C=O) groups is 3. The van der Waals surface area contributed by atoms with Crippen molar-refractivity contribution in [3.63, 3.8) is 0 Å². The highest BCUT2D eigenvalue weighted by atomic mass is 16.5. The lowest BCUT2D eigenvalue weighted by molar-refractivity contribution is -0.156. The Morgan fingerprint density at radius 2 is 1.71 bits per heavy atom. The van der Waals surface area contributed by atoms with Crippen molar-refractivity contribution in [1.29, 1.82) is 0 Å². The molecule has 0 unspecified atom stereocenters. The van der Waals surface area contributed by atoms with Crippen LogP contribution < -0.4 is 0 Å². The Balaban J connectivity index is 1.55. The van der Waals surface area contributed by atoms with E-state index in [4.69, 9.17) is 4.74 Å². The van der Waals surface area contributed by atoms with Crippen molar-refractivity contribution in [2.45, 2.75) is 58.3 Å². The molecule has 1 atom stereocenters. The van der Waals surface area contributed by atoms with Gasteiger partial charge in [0.25, 0.3) is 0 Å². The highest BCUT2D eigenvalue weighted by Gasteiger charge is 2.51. The molecule has 4 rings (SSSR count). The summed E-state index contributed by atoms with van der Waals surface area (Å²) in [6.07, 6.45) is 11.2. The molecule has 4 fully saturated rings. The first-order valence-electron chi connectivity index (χ1n) is 9.28. The Bertz CT molecular complexity index is 498. The van der Waals surface area contributed by atoms with Crippen molar-refractivity contribution in [2.24, 2.45) is 29.1 Å². The smallest absolute Gasteiger partial charge is 0.306 e. The van der Waals surface area contributed by atoms with Crippen LogP contribution in [0.15, 0.2) is 11.6 Å². The summed E-state index contributed by atoms with van der Waals surface area (Å²) in [5.41, 5.74) is 0.715. The second kappa shape index (κ2) is 7.20. The second-order valence-corrected chi connectivity index (χ2v) is 8.29. The van der Waals surface area contributed by atoms with Crippen LogP contribution in [0.1, 0.15) is 58.3 Å². The number of allylic oxidation sites excluding steroid dienone is 2. The van der Waals surface area contributed by atoms with Crippen LogP contribution in [-0.2, 0) is 19.1 Å². The molecule has 4 bridgehead atoms. The molecular weight excluding hydrogens is 304 g/mol. The minimum Gasteiger partial charge on any atom is -0.465 e. The molecule has 4 aliphatic carbocycles. The lowest BCUT2D eigenvalue weighted by Crippen LogP contribution is -2.48. The standard InChI is InChI=1S/C20H28O4/c1-2-17(12-22)18(3-4-21)8-19(23)24-13-20-9-14-5-15(10-20)7-16(6-14)11-20/h2,4,12,14-16,18H,3,5-11,13H2,1H3/b17-2-/t14?,15?,16?,18-,20?/m0/s1. The van der Waals surface area contributed by atoms with Gasteiger partial charge in [-0.05, 0) is 68.8 Å². The zero-order chi connectivity index (χ0) is 17.2. The van der Waals surface area contributed by atoms with Crippen molar-refractivity contribution in [2.75, 3.05) is 6.61 Å². The van der Waals surface area contributed by atoms with Gasteiger partial charge in [0, 0.05) is 17.8 Å². The molecule has 0 aliphatic heterocycles. The Morgan fingerprint density at radius 1 is 1.12 bits per heavy atom. The third-order valence-electron chi connectivity index (χ3n) is 6.44. The van der Waals surface area contributed by atoms with Crippen LogP contribution in [0.25, 0.3) is 0 Å². The summed E-state index contributed by atoms with van der Waals surface area (Å²) in [5, 5.41) is 0. The van der Waals surface area contributed by atoms with E-state index in [9.17, 15) is 14.4 Å². The quantitative estimate of drug-likeness (QED) is 0.388. The van der Waals surface area contributed by atoms with Crippen molar-refractivity contribution in [3.8, 4) is 0 Å². The fraction of sp³-hybridized carbons (Fsp3) is 0.750. The van der Waals surface area contributed by atoms with Gasteiger partial charge in [-0.25, -0.2) is 0 Å². The first kappa shape index (κ1) is 17.4. The SMILES string of the molecule is C/C=C(/C=O)[C@@H](CC=O)CC(=O)OCC12CC3CC(CC(C3)C1)C2. The highest BCUT2D eigenvalue weighted by Crippen LogP contribution is 2.60. The van der Waals surface area contributed by atoms with Gasteiger partial charge in [0.2, 0.25) is 0 Å². The zero-order valence-electron chi connectivity index (χ0n) is 14.5. The van der Waals surface area contributed by atoms with Gasteiger partial charge in [-0.1, -0.05) is 6.08 Å². The van der Waals surface area contributed by atoms with E-state index in [1.807, 2.05) is 0 Å². The molecule has 4 heteroatoms. The van der Waals surface area contributed by atoms with Crippen LogP contribution in [0.5, 0.6) is 0 Å². The summed E-state index contributed by atoms with van der Waals surface area (Å²) in [6, 6.07) is 0.